The summed E-state index contributed by atoms with van der Waals surface area (Å²) in [6.07, 6.45) is 2.02. The zero-order valence-electron chi connectivity index (χ0n) is 9.43. The Bertz CT molecular complexity index is 469. The van der Waals surface area contributed by atoms with Crippen LogP contribution < -0.4 is 5.73 Å². The highest BCUT2D eigenvalue weighted by Gasteiger charge is 2.06. The smallest absolute Gasteiger partial charge is 0.0459 e. The Morgan fingerprint density at radius 2 is 2.13 bits per heavy atom. The van der Waals surface area contributed by atoms with Gasteiger partial charge in [0.1, 0.15) is 0 Å². The minimum Gasteiger partial charge on any atom is -0.358 e. The summed E-state index contributed by atoms with van der Waals surface area (Å²) in [5.41, 5.74) is 10.8. The second kappa shape index (κ2) is 4.07. The molecule has 2 heteroatoms. The van der Waals surface area contributed by atoms with E-state index in [2.05, 4.69) is 37.0 Å². The van der Waals surface area contributed by atoms with Crippen molar-refractivity contribution in [3.63, 3.8) is 0 Å². The van der Waals surface area contributed by atoms with Crippen molar-refractivity contribution in [2.75, 3.05) is 6.54 Å². The number of nitrogens with one attached hydrogen (secondary N) is 1. The van der Waals surface area contributed by atoms with Gasteiger partial charge in [-0.25, -0.2) is 0 Å². The van der Waals surface area contributed by atoms with Crippen LogP contribution in [0.2, 0.25) is 0 Å². The molecular weight excluding hydrogens is 184 g/mol. The molecule has 1 aromatic heterocycles. The zero-order valence-corrected chi connectivity index (χ0v) is 9.43. The van der Waals surface area contributed by atoms with Crippen molar-refractivity contribution in [1.29, 1.82) is 0 Å². The van der Waals surface area contributed by atoms with Crippen LogP contribution in [0.15, 0.2) is 18.2 Å². The van der Waals surface area contributed by atoms with Crippen LogP contribution in [0.3, 0.4) is 0 Å². The Kier molecular flexibility index (Phi) is 2.78. The number of aromatic nitrogens is 1. The molecule has 0 aliphatic rings. The summed E-state index contributed by atoms with van der Waals surface area (Å²) in [5.74, 6) is 0. The Morgan fingerprint density at radius 1 is 1.33 bits per heavy atom. The number of aromatic amines is 1. The Balaban J connectivity index is 2.56. The van der Waals surface area contributed by atoms with Gasteiger partial charge in [-0.1, -0.05) is 13.0 Å². The van der Waals surface area contributed by atoms with E-state index in [-0.39, 0.29) is 0 Å². The molecule has 2 rings (SSSR count). The van der Waals surface area contributed by atoms with Gasteiger partial charge < -0.3 is 10.7 Å². The largest absolute Gasteiger partial charge is 0.358 e. The van der Waals surface area contributed by atoms with E-state index in [0.29, 0.717) is 6.54 Å². The highest BCUT2D eigenvalue weighted by Crippen LogP contribution is 2.23. The maximum absolute atomic E-state index is 5.59. The van der Waals surface area contributed by atoms with Crippen molar-refractivity contribution in [2.24, 2.45) is 5.73 Å². The molecule has 0 bridgehead atoms. The highest BCUT2D eigenvalue weighted by molar-refractivity contribution is 5.85. The molecule has 0 fully saturated rings. The molecule has 1 heterocycles. The summed E-state index contributed by atoms with van der Waals surface area (Å²) >= 11 is 0. The summed E-state index contributed by atoms with van der Waals surface area (Å²) in [7, 11) is 0. The van der Waals surface area contributed by atoms with Crippen LogP contribution in [0.25, 0.3) is 10.9 Å². The van der Waals surface area contributed by atoms with Crippen LogP contribution in [-0.2, 0) is 12.8 Å². The van der Waals surface area contributed by atoms with Crippen LogP contribution in [0.1, 0.15) is 23.7 Å². The monoisotopic (exact) mass is 202 g/mol. The van der Waals surface area contributed by atoms with Crippen molar-refractivity contribution >= 4 is 10.9 Å². The van der Waals surface area contributed by atoms with Crippen molar-refractivity contribution in [3.8, 4) is 0 Å². The molecule has 0 saturated carbocycles. The minimum absolute atomic E-state index is 0.703. The topological polar surface area (TPSA) is 41.8 Å². The number of fused-ring (bicyclic) bond motifs is 1. The molecule has 80 valence electrons. The third-order valence-corrected chi connectivity index (χ3v) is 3.03. The van der Waals surface area contributed by atoms with Crippen LogP contribution in [0.4, 0.5) is 0 Å². The van der Waals surface area contributed by atoms with Gasteiger partial charge in [0.05, 0.1) is 0 Å². The van der Waals surface area contributed by atoms with Crippen LogP contribution in [-0.4, -0.2) is 11.5 Å². The zero-order chi connectivity index (χ0) is 10.8. The van der Waals surface area contributed by atoms with Gasteiger partial charge in [0.25, 0.3) is 0 Å². The van der Waals surface area contributed by atoms with Gasteiger partial charge in [0.15, 0.2) is 0 Å². The molecule has 15 heavy (non-hydrogen) atoms. The molecule has 3 N–H and O–H groups in total. The molecule has 0 saturated heterocycles. The standard InChI is InChI=1S/C13H18N2/c1-3-10-4-5-13-11(8-10)9(2)12(15-13)6-7-14/h4-5,8,15H,3,6-7,14H2,1-2H3. The number of rotatable bonds is 3. The fourth-order valence-corrected chi connectivity index (χ4v) is 2.04. The molecule has 0 amide bonds. The quantitative estimate of drug-likeness (QED) is 0.789. The summed E-state index contributed by atoms with van der Waals surface area (Å²) in [5, 5.41) is 1.35. The normalized spacial score (nSPS) is 11.1. The summed E-state index contributed by atoms with van der Waals surface area (Å²) in [6.45, 7) is 5.06. The Hall–Kier alpha value is -1.28. The van der Waals surface area contributed by atoms with E-state index in [1.807, 2.05) is 0 Å². The van der Waals surface area contributed by atoms with Gasteiger partial charge in [-0.2, -0.15) is 0 Å². The van der Waals surface area contributed by atoms with E-state index < -0.39 is 0 Å². The SMILES string of the molecule is CCc1ccc2[nH]c(CCN)c(C)c2c1. The molecule has 0 aliphatic carbocycles. The summed E-state index contributed by atoms with van der Waals surface area (Å²) in [4.78, 5) is 3.44. The van der Waals surface area contributed by atoms with Crippen LogP contribution in [0, 0.1) is 6.92 Å². The molecule has 1 aromatic carbocycles. The maximum atomic E-state index is 5.59. The maximum Gasteiger partial charge on any atom is 0.0459 e. The van der Waals surface area contributed by atoms with Gasteiger partial charge in [0.2, 0.25) is 0 Å². The van der Waals surface area contributed by atoms with E-state index in [1.165, 1.54) is 27.7 Å². The number of aryl methyl sites for hydroxylation is 2. The number of benzene rings is 1. The van der Waals surface area contributed by atoms with E-state index in [1.54, 1.807) is 0 Å². The molecule has 2 aromatic rings. The molecule has 0 unspecified atom stereocenters. The first-order valence-electron chi connectivity index (χ1n) is 5.56. The molecule has 0 radical (unpaired) electrons. The predicted molar refractivity (Wildman–Crippen MR) is 65.2 cm³/mol. The minimum atomic E-state index is 0.703. The van der Waals surface area contributed by atoms with Gasteiger partial charge in [-0.3, -0.25) is 0 Å². The lowest BCUT2D eigenvalue weighted by Gasteiger charge is -1.97. The first-order chi connectivity index (χ1) is 7.26. The molecular formula is C13H18N2. The predicted octanol–water partition coefficient (Wildman–Crippen LogP) is 2.54. The number of H-pyrrole nitrogens is 1. The lowest BCUT2D eigenvalue weighted by atomic mass is 10.1. The van der Waals surface area contributed by atoms with Crippen molar-refractivity contribution in [3.05, 3.63) is 35.0 Å². The third kappa shape index (κ3) is 1.77. The van der Waals surface area contributed by atoms with E-state index in [9.17, 15) is 0 Å². The second-order valence-electron chi connectivity index (χ2n) is 4.00. The highest BCUT2D eigenvalue weighted by atomic mass is 14.7. The second-order valence-corrected chi connectivity index (χ2v) is 4.00. The Labute approximate surface area is 90.5 Å². The molecule has 0 atom stereocenters. The average molecular weight is 202 g/mol. The van der Waals surface area contributed by atoms with Crippen molar-refractivity contribution in [2.45, 2.75) is 26.7 Å². The third-order valence-electron chi connectivity index (χ3n) is 3.03. The number of hydrogen-bond donors (Lipinski definition) is 2. The molecule has 2 nitrogen and oxygen atoms in total. The molecule has 0 aliphatic heterocycles. The van der Waals surface area contributed by atoms with Gasteiger partial charge >= 0.3 is 0 Å². The lowest BCUT2D eigenvalue weighted by Crippen LogP contribution is -2.03. The summed E-state index contributed by atoms with van der Waals surface area (Å²) < 4.78 is 0. The average Bonchev–Trinajstić information content (AvgIpc) is 2.56. The van der Waals surface area contributed by atoms with Crippen molar-refractivity contribution < 1.29 is 0 Å². The molecule has 0 spiro atoms. The number of nitrogens with two attached hydrogens (primary N) is 1. The van der Waals surface area contributed by atoms with Gasteiger partial charge in [0, 0.05) is 23.0 Å². The van der Waals surface area contributed by atoms with Crippen molar-refractivity contribution in [1.82, 2.24) is 4.98 Å². The van der Waals surface area contributed by atoms with Gasteiger partial charge in [-0.05, 0) is 43.1 Å². The number of hydrogen-bond acceptors (Lipinski definition) is 1. The fourth-order valence-electron chi connectivity index (χ4n) is 2.04. The fraction of sp³-hybridized carbons (Fsp3) is 0.385. The van der Waals surface area contributed by atoms with Gasteiger partial charge in [-0.15, -0.1) is 0 Å². The Morgan fingerprint density at radius 3 is 2.80 bits per heavy atom. The van der Waals surface area contributed by atoms with E-state index in [0.717, 1.165) is 12.8 Å². The first-order valence-corrected chi connectivity index (χ1v) is 5.56. The lowest BCUT2D eigenvalue weighted by molar-refractivity contribution is 0.930. The van der Waals surface area contributed by atoms with E-state index in [4.69, 9.17) is 5.73 Å². The van der Waals surface area contributed by atoms with Crippen LogP contribution >= 0.6 is 0 Å². The van der Waals surface area contributed by atoms with Crippen LogP contribution in [0.5, 0.6) is 0 Å². The van der Waals surface area contributed by atoms with E-state index >= 15 is 0 Å². The first kappa shape index (κ1) is 10.2. The summed E-state index contributed by atoms with van der Waals surface area (Å²) in [6, 6.07) is 6.63.